The third kappa shape index (κ3) is 6.35. The van der Waals surface area contributed by atoms with Crippen molar-refractivity contribution in [2.24, 2.45) is 4.99 Å². The summed E-state index contributed by atoms with van der Waals surface area (Å²) in [6.45, 7) is 9.47. The summed E-state index contributed by atoms with van der Waals surface area (Å²) in [5.41, 5.74) is 0. The second-order valence-electron chi connectivity index (χ2n) is 7.37. The van der Waals surface area contributed by atoms with Crippen LogP contribution in [0.5, 0.6) is 0 Å². The Morgan fingerprint density at radius 3 is 1.77 bits per heavy atom. The van der Waals surface area contributed by atoms with Crippen molar-refractivity contribution in [1.82, 2.24) is 35.1 Å². The predicted molar refractivity (Wildman–Crippen MR) is 133 cm³/mol. The van der Waals surface area contributed by atoms with Crippen LogP contribution in [0.3, 0.4) is 0 Å². The molecular weight excluding hydrogens is 507 g/mol. The van der Waals surface area contributed by atoms with Crippen LogP contribution in [0.15, 0.2) is 41.9 Å². The van der Waals surface area contributed by atoms with Crippen molar-refractivity contribution < 1.29 is 0 Å². The molecule has 0 saturated carbocycles. The smallest absolute Gasteiger partial charge is 0.225 e. The summed E-state index contributed by atoms with van der Waals surface area (Å²) in [5, 5.41) is 3.53. The number of guanidine groups is 1. The Hall–Kier alpha value is -2.28. The number of anilines is 2. The maximum Gasteiger partial charge on any atom is 0.225 e. The second-order valence-corrected chi connectivity index (χ2v) is 7.37. The highest BCUT2D eigenvalue weighted by atomic mass is 127. The molecule has 0 aromatic carbocycles. The molecule has 2 aromatic rings. The summed E-state index contributed by atoms with van der Waals surface area (Å²) < 4.78 is 0. The summed E-state index contributed by atoms with van der Waals surface area (Å²) >= 11 is 0. The fraction of sp³-hybridized carbons (Fsp3) is 0.550. The van der Waals surface area contributed by atoms with Crippen LogP contribution in [-0.2, 0) is 0 Å². The predicted octanol–water partition coefficient (Wildman–Crippen LogP) is 0.404. The van der Waals surface area contributed by atoms with Gasteiger partial charge in [-0.2, -0.15) is 0 Å². The molecule has 11 heteroatoms. The molecule has 168 valence electrons. The zero-order valence-corrected chi connectivity index (χ0v) is 20.3. The van der Waals surface area contributed by atoms with Crippen molar-refractivity contribution in [2.75, 3.05) is 82.3 Å². The fourth-order valence-corrected chi connectivity index (χ4v) is 3.86. The molecule has 2 aliphatic heterocycles. The standard InChI is InChI=1S/C20H30N10.HI/c1-21-18(28-14-16-30(17-15-28)20-24-6-3-7-25-20)26-8-9-27-10-12-29(13-11-27)19-22-4-2-5-23-19;/h2-7H,8-17H2,1H3,(H,21,26);1H. The fourth-order valence-electron chi connectivity index (χ4n) is 3.86. The van der Waals surface area contributed by atoms with Gasteiger partial charge in [-0.25, -0.2) is 19.9 Å². The van der Waals surface area contributed by atoms with Gasteiger partial charge in [-0.3, -0.25) is 9.89 Å². The summed E-state index contributed by atoms with van der Waals surface area (Å²) in [7, 11) is 1.85. The number of nitrogens with zero attached hydrogens (tertiary/aromatic N) is 9. The van der Waals surface area contributed by atoms with E-state index in [2.05, 4.69) is 49.8 Å². The molecule has 0 amide bonds. The molecule has 2 fully saturated rings. The minimum atomic E-state index is 0. The molecule has 0 radical (unpaired) electrons. The Bertz CT molecular complexity index is 790. The summed E-state index contributed by atoms with van der Waals surface area (Å²) in [5.74, 6) is 2.61. The number of piperazine rings is 2. The van der Waals surface area contributed by atoms with Crippen molar-refractivity contribution in [3.63, 3.8) is 0 Å². The van der Waals surface area contributed by atoms with Crippen molar-refractivity contribution >= 4 is 41.8 Å². The Morgan fingerprint density at radius 2 is 1.29 bits per heavy atom. The van der Waals surface area contributed by atoms with Crippen LogP contribution >= 0.6 is 24.0 Å². The number of nitrogens with one attached hydrogen (secondary N) is 1. The molecule has 10 nitrogen and oxygen atoms in total. The van der Waals surface area contributed by atoms with E-state index in [1.807, 2.05) is 19.2 Å². The third-order valence-electron chi connectivity index (χ3n) is 5.54. The zero-order valence-electron chi connectivity index (χ0n) is 18.0. The lowest BCUT2D eigenvalue weighted by Gasteiger charge is -2.37. The zero-order chi connectivity index (χ0) is 20.6. The van der Waals surface area contributed by atoms with E-state index in [1.54, 1.807) is 24.8 Å². The van der Waals surface area contributed by atoms with Crippen molar-refractivity contribution in [1.29, 1.82) is 0 Å². The molecule has 2 aliphatic rings. The highest BCUT2D eigenvalue weighted by Crippen LogP contribution is 2.10. The van der Waals surface area contributed by atoms with Crippen molar-refractivity contribution in [3.05, 3.63) is 36.9 Å². The molecule has 31 heavy (non-hydrogen) atoms. The lowest BCUT2D eigenvalue weighted by Crippen LogP contribution is -2.54. The van der Waals surface area contributed by atoms with Gasteiger partial charge >= 0.3 is 0 Å². The molecular formula is C20H31IN10. The molecule has 0 spiro atoms. The lowest BCUT2D eigenvalue weighted by atomic mass is 10.3. The van der Waals surface area contributed by atoms with Gasteiger partial charge in [0.1, 0.15) is 0 Å². The van der Waals surface area contributed by atoms with E-state index in [4.69, 9.17) is 0 Å². The largest absolute Gasteiger partial charge is 0.355 e. The van der Waals surface area contributed by atoms with Gasteiger partial charge in [-0.1, -0.05) is 0 Å². The van der Waals surface area contributed by atoms with Crippen LogP contribution in [0.1, 0.15) is 0 Å². The van der Waals surface area contributed by atoms with Gasteiger partial charge in [-0.15, -0.1) is 24.0 Å². The molecule has 4 rings (SSSR count). The molecule has 0 bridgehead atoms. The van der Waals surface area contributed by atoms with Gasteiger partial charge < -0.3 is 20.0 Å². The molecule has 2 saturated heterocycles. The summed E-state index contributed by atoms with van der Waals surface area (Å²) in [4.78, 5) is 31.1. The first kappa shape index (κ1) is 23.4. The van der Waals surface area contributed by atoms with Gasteiger partial charge in [0.2, 0.25) is 11.9 Å². The van der Waals surface area contributed by atoms with E-state index in [0.29, 0.717) is 0 Å². The van der Waals surface area contributed by atoms with Gasteiger partial charge in [0.25, 0.3) is 0 Å². The van der Waals surface area contributed by atoms with Crippen molar-refractivity contribution in [3.8, 4) is 0 Å². The van der Waals surface area contributed by atoms with E-state index in [1.165, 1.54) is 0 Å². The van der Waals surface area contributed by atoms with Crippen molar-refractivity contribution in [2.45, 2.75) is 0 Å². The first-order chi connectivity index (χ1) is 14.8. The van der Waals surface area contributed by atoms with E-state index in [0.717, 1.165) is 83.3 Å². The average molecular weight is 538 g/mol. The van der Waals surface area contributed by atoms with Crippen LogP contribution in [0.25, 0.3) is 0 Å². The highest BCUT2D eigenvalue weighted by Gasteiger charge is 2.22. The Morgan fingerprint density at radius 1 is 0.806 bits per heavy atom. The number of halogens is 1. The molecule has 0 atom stereocenters. The SMILES string of the molecule is CN=C(NCCN1CCN(c2ncccn2)CC1)N1CCN(c2ncccn2)CC1.I. The number of aliphatic imine (C=N–C) groups is 1. The van der Waals surface area contributed by atoms with Crippen LogP contribution in [0.2, 0.25) is 0 Å². The topological polar surface area (TPSA) is 88.9 Å². The number of aromatic nitrogens is 4. The summed E-state index contributed by atoms with van der Waals surface area (Å²) in [6.07, 6.45) is 7.19. The number of hydrogen-bond donors (Lipinski definition) is 1. The lowest BCUT2D eigenvalue weighted by molar-refractivity contribution is 0.258. The van der Waals surface area contributed by atoms with E-state index >= 15 is 0 Å². The molecule has 2 aromatic heterocycles. The maximum atomic E-state index is 4.48. The maximum absolute atomic E-state index is 4.48. The van der Waals surface area contributed by atoms with Crippen LogP contribution in [0.4, 0.5) is 11.9 Å². The Kier molecular flexibility index (Phi) is 9.00. The molecule has 0 unspecified atom stereocenters. The second kappa shape index (κ2) is 11.9. The monoisotopic (exact) mass is 538 g/mol. The van der Waals surface area contributed by atoms with E-state index in [-0.39, 0.29) is 24.0 Å². The van der Waals surface area contributed by atoms with Gasteiger partial charge in [0.05, 0.1) is 0 Å². The van der Waals surface area contributed by atoms with Crippen LogP contribution < -0.4 is 15.1 Å². The van der Waals surface area contributed by atoms with E-state index < -0.39 is 0 Å². The minimum Gasteiger partial charge on any atom is -0.355 e. The number of rotatable bonds is 5. The average Bonchev–Trinajstić information content (AvgIpc) is 2.84. The quantitative estimate of drug-likeness (QED) is 0.330. The molecule has 4 heterocycles. The third-order valence-corrected chi connectivity index (χ3v) is 5.54. The van der Waals surface area contributed by atoms with E-state index in [9.17, 15) is 0 Å². The Labute approximate surface area is 200 Å². The van der Waals surface area contributed by atoms with Gasteiger partial charge in [-0.05, 0) is 12.1 Å². The number of hydrogen-bond acceptors (Lipinski definition) is 8. The van der Waals surface area contributed by atoms with Crippen LogP contribution in [0, 0.1) is 0 Å². The highest BCUT2D eigenvalue weighted by molar-refractivity contribution is 14.0. The summed E-state index contributed by atoms with van der Waals surface area (Å²) in [6, 6.07) is 3.70. The minimum absolute atomic E-state index is 0. The normalized spacial score (nSPS) is 18.0. The first-order valence-corrected chi connectivity index (χ1v) is 10.6. The van der Waals surface area contributed by atoms with Crippen LogP contribution in [-0.4, -0.2) is 108 Å². The first-order valence-electron chi connectivity index (χ1n) is 10.6. The molecule has 1 N–H and O–H groups in total. The van der Waals surface area contributed by atoms with Gasteiger partial charge in [0, 0.05) is 97.3 Å². The Balaban J connectivity index is 0.00000272. The van der Waals surface area contributed by atoms with Gasteiger partial charge in [0.15, 0.2) is 5.96 Å². The molecule has 0 aliphatic carbocycles.